The highest BCUT2D eigenvalue weighted by molar-refractivity contribution is 7.54. The van der Waals surface area contributed by atoms with Crippen LogP contribution in [0.25, 0.3) is 11.4 Å². The Bertz CT molecular complexity index is 1600. The zero-order valence-electron chi connectivity index (χ0n) is 30.1. The van der Waals surface area contributed by atoms with Crippen LogP contribution in [0, 0.1) is 0 Å². The van der Waals surface area contributed by atoms with E-state index < -0.39 is 63.2 Å². The number of hydrogen-bond acceptors (Lipinski definition) is 14. The van der Waals surface area contributed by atoms with Crippen LogP contribution in [0.15, 0.2) is 36.4 Å². The van der Waals surface area contributed by atoms with Crippen molar-refractivity contribution < 1.29 is 56.9 Å². The van der Waals surface area contributed by atoms with E-state index in [1.165, 1.54) is 11.0 Å². The van der Waals surface area contributed by atoms with Gasteiger partial charge in [0.15, 0.2) is 5.82 Å². The summed E-state index contributed by atoms with van der Waals surface area (Å²) in [7, 11) is -2.85. The van der Waals surface area contributed by atoms with Crippen LogP contribution in [0.2, 0.25) is 0 Å². The molecular weight excluding hydrogens is 715 g/mol. The average molecular weight is 763 g/mol. The molecule has 2 aromatic rings. The maximum Gasteiger partial charge on any atom is 0.407 e. The van der Waals surface area contributed by atoms with Crippen molar-refractivity contribution in [1.29, 1.82) is 0 Å². The van der Waals surface area contributed by atoms with Gasteiger partial charge in [-0.15, -0.1) is 0 Å². The van der Waals surface area contributed by atoms with Crippen molar-refractivity contribution in [2.45, 2.75) is 58.1 Å². The number of rotatable bonds is 18. The molecule has 2 fully saturated rings. The number of esters is 2. The Morgan fingerprint density at radius 3 is 2.06 bits per heavy atom. The number of aromatic nitrogens is 2. The number of carbonyl (C=O) groups is 5. The molecule has 0 bridgehead atoms. The summed E-state index contributed by atoms with van der Waals surface area (Å²) in [4.78, 5) is 77.4. The second kappa shape index (κ2) is 20.0. The number of amides is 3. The van der Waals surface area contributed by atoms with Gasteiger partial charge >= 0.3 is 25.6 Å². The van der Waals surface area contributed by atoms with Crippen LogP contribution < -0.4 is 10.2 Å². The first-order valence-corrected chi connectivity index (χ1v) is 19.2. The van der Waals surface area contributed by atoms with E-state index in [9.17, 15) is 33.6 Å². The molecule has 0 saturated carbocycles. The molecule has 2 atom stereocenters. The second-order valence-corrected chi connectivity index (χ2v) is 14.4. The molecule has 0 unspecified atom stereocenters. The Balaban J connectivity index is 1.65. The maximum atomic E-state index is 14.2. The van der Waals surface area contributed by atoms with Gasteiger partial charge in [0.25, 0.3) is 5.91 Å². The molecule has 2 aliphatic heterocycles. The Kier molecular flexibility index (Phi) is 15.5. The number of carboxylic acid groups (broad SMARTS) is 1. The number of hydrogen-bond donors (Lipinski definition) is 2. The molecule has 0 radical (unpaired) electrons. The van der Waals surface area contributed by atoms with Crippen molar-refractivity contribution in [3.8, 4) is 11.4 Å². The van der Waals surface area contributed by atoms with Gasteiger partial charge < -0.3 is 39.3 Å². The number of anilines is 1. The van der Waals surface area contributed by atoms with Crippen molar-refractivity contribution >= 4 is 43.3 Å². The first kappa shape index (κ1) is 41.1. The highest BCUT2D eigenvalue weighted by Crippen LogP contribution is 2.49. The minimum absolute atomic E-state index is 0.00116. The quantitative estimate of drug-likeness (QED) is 0.127. The number of piperazine rings is 1. The third-order valence-electron chi connectivity index (χ3n) is 8.50. The van der Waals surface area contributed by atoms with Crippen molar-refractivity contribution in [3.63, 3.8) is 0 Å². The summed E-state index contributed by atoms with van der Waals surface area (Å²) in [6.45, 7) is 3.02. The number of carbonyl (C=O) groups excluding carboxylic acids is 4. The van der Waals surface area contributed by atoms with Gasteiger partial charge in [-0.05, 0) is 19.3 Å². The van der Waals surface area contributed by atoms with Crippen LogP contribution in [0.3, 0.4) is 0 Å². The van der Waals surface area contributed by atoms with E-state index in [-0.39, 0.29) is 56.6 Å². The topological polar surface area (TPSA) is 216 Å². The van der Waals surface area contributed by atoms with Gasteiger partial charge in [0.1, 0.15) is 17.6 Å². The SMILES string of the molecule is CCCC(=O)OCOP(=O)(C[C@H](NC(=O)c1cc(N2CC[C@H](OC)C2)nc(-c2ccccc2)n1)C(=O)N1CCN(C(=O)O)CC1)OCOC(=O)CCC. The van der Waals surface area contributed by atoms with Gasteiger partial charge in [-0.25, -0.2) is 14.8 Å². The third-order valence-corrected chi connectivity index (χ3v) is 10.3. The van der Waals surface area contributed by atoms with Crippen molar-refractivity contribution in [3.05, 3.63) is 42.1 Å². The molecule has 53 heavy (non-hydrogen) atoms. The van der Waals surface area contributed by atoms with Gasteiger partial charge in [-0.2, -0.15) is 0 Å². The highest BCUT2D eigenvalue weighted by Gasteiger charge is 2.39. The molecule has 4 rings (SSSR count). The highest BCUT2D eigenvalue weighted by atomic mass is 31.2. The normalized spacial score (nSPS) is 16.6. The van der Waals surface area contributed by atoms with Gasteiger partial charge in [-0.3, -0.25) is 32.8 Å². The summed E-state index contributed by atoms with van der Waals surface area (Å²) in [6, 6.07) is 8.92. The van der Waals surface area contributed by atoms with Crippen LogP contribution in [0.5, 0.6) is 0 Å². The van der Waals surface area contributed by atoms with Crippen LogP contribution in [0.1, 0.15) is 56.4 Å². The standard InChI is InChI=1S/C34H47N6O12P/c1-4-9-29(41)49-22-51-53(47,52-23-50-30(42)10-5-2)21-27(33(44)38-15-17-39(18-16-38)34(45)46)36-32(43)26-19-28(40-14-13-25(20-40)48-3)37-31(35-26)24-11-7-6-8-12-24/h6-8,11-12,19,25,27H,4-5,9-10,13-18,20-23H2,1-3H3,(H,36,43)(H,45,46)/t25-,27-/m0/s1. The lowest BCUT2D eigenvalue weighted by molar-refractivity contribution is -0.152. The zero-order chi connectivity index (χ0) is 38.4. The fourth-order valence-electron chi connectivity index (χ4n) is 5.58. The molecule has 2 saturated heterocycles. The fraction of sp³-hybridized carbons (Fsp3) is 0.559. The van der Waals surface area contributed by atoms with Crippen LogP contribution in [-0.2, 0) is 42.2 Å². The summed E-state index contributed by atoms with van der Waals surface area (Å²) in [6.07, 6.45) is -0.103. The van der Waals surface area contributed by atoms with Crippen LogP contribution >= 0.6 is 7.60 Å². The fourth-order valence-corrected chi connectivity index (χ4v) is 6.98. The van der Waals surface area contributed by atoms with E-state index >= 15 is 0 Å². The minimum Gasteiger partial charge on any atom is -0.465 e. The molecule has 1 aromatic heterocycles. The van der Waals surface area contributed by atoms with Gasteiger partial charge in [-0.1, -0.05) is 44.2 Å². The van der Waals surface area contributed by atoms with Crippen molar-refractivity contribution in [1.82, 2.24) is 25.1 Å². The lowest BCUT2D eigenvalue weighted by atomic mass is 10.2. The molecule has 2 aliphatic rings. The lowest BCUT2D eigenvalue weighted by Gasteiger charge is -2.35. The van der Waals surface area contributed by atoms with Gasteiger partial charge in [0.2, 0.25) is 19.5 Å². The van der Waals surface area contributed by atoms with Gasteiger partial charge in [0, 0.05) is 70.8 Å². The van der Waals surface area contributed by atoms with E-state index in [4.69, 9.17) is 28.2 Å². The summed E-state index contributed by atoms with van der Waals surface area (Å²) < 4.78 is 40.6. The number of nitrogens with zero attached hydrogens (tertiary/aromatic N) is 5. The van der Waals surface area contributed by atoms with Crippen molar-refractivity contribution in [2.24, 2.45) is 0 Å². The van der Waals surface area contributed by atoms with E-state index in [1.807, 2.05) is 11.0 Å². The Morgan fingerprint density at radius 1 is 0.906 bits per heavy atom. The number of ether oxygens (including phenoxy) is 3. The predicted octanol–water partition coefficient (Wildman–Crippen LogP) is 3.12. The van der Waals surface area contributed by atoms with Crippen molar-refractivity contribution in [2.75, 3.05) is 71.0 Å². The monoisotopic (exact) mass is 762 g/mol. The first-order valence-electron chi connectivity index (χ1n) is 17.4. The molecule has 18 nitrogen and oxygen atoms in total. The molecule has 0 spiro atoms. The second-order valence-electron chi connectivity index (χ2n) is 12.3. The largest absolute Gasteiger partial charge is 0.465 e. The van der Waals surface area contributed by atoms with E-state index in [1.54, 1.807) is 45.2 Å². The Morgan fingerprint density at radius 2 is 1.51 bits per heavy atom. The third kappa shape index (κ3) is 12.2. The van der Waals surface area contributed by atoms with Crippen LogP contribution in [0.4, 0.5) is 10.6 Å². The molecule has 19 heteroatoms. The molecular formula is C34H47N6O12P. The zero-order valence-corrected chi connectivity index (χ0v) is 31.0. The Hall–Kier alpha value is -4.64. The molecule has 0 aliphatic carbocycles. The van der Waals surface area contributed by atoms with Crippen LogP contribution in [-0.4, -0.2) is 133 Å². The van der Waals surface area contributed by atoms with E-state index in [0.717, 1.165) is 11.3 Å². The summed E-state index contributed by atoms with van der Waals surface area (Å²) >= 11 is 0. The average Bonchev–Trinajstić information content (AvgIpc) is 3.64. The van der Waals surface area contributed by atoms with E-state index in [0.29, 0.717) is 37.3 Å². The molecule has 3 heterocycles. The molecule has 1 aromatic carbocycles. The first-order chi connectivity index (χ1) is 25.4. The molecule has 290 valence electrons. The summed E-state index contributed by atoms with van der Waals surface area (Å²) in [5, 5.41) is 12.1. The predicted molar refractivity (Wildman–Crippen MR) is 189 cm³/mol. The number of benzene rings is 1. The van der Waals surface area contributed by atoms with E-state index in [2.05, 4.69) is 10.3 Å². The minimum atomic E-state index is -4.48. The van der Waals surface area contributed by atoms with Gasteiger partial charge in [0.05, 0.1) is 12.3 Å². The summed E-state index contributed by atoms with van der Waals surface area (Å²) in [5.74, 6) is -2.07. The smallest absolute Gasteiger partial charge is 0.407 e. The lowest BCUT2D eigenvalue weighted by Crippen LogP contribution is -2.56. The molecule has 3 amide bonds. The number of methoxy groups -OCH3 is 1. The Labute approximate surface area is 307 Å². The number of nitrogens with one attached hydrogen (secondary N) is 1. The molecule has 2 N–H and O–H groups in total. The maximum absolute atomic E-state index is 14.2. The summed E-state index contributed by atoms with van der Waals surface area (Å²) in [5.41, 5.74) is 0.540.